The van der Waals surface area contributed by atoms with Gasteiger partial charge in [-0.05, 0) is 53.4 Å². The van der Waals surface area contributed by atoms with Crippen LogP contribution in [0.15, 0.2) is 0 Å². The molecule has 0 unspecified atom stereocenters. The standard InChI is InChI=1S/C31H62O10P2/c1-7-13-15-17-19-21-27-36-29(32)23-25-31(42(34,38-9-3)39-10-4,43(35,40-11-5)41-12-6)26-24-30(33)37-28-22-20-18-16-14-8-2/h7-28H2,1-6H3. The fraction of sp³-hybridized carbons (Fsp3) is 0.935. The molecule has 10 nitrogen and oxygen atoms in total. The number of unbranched alkanes of at least 4 members (excludes halogenated alkanes) is 10. The van der Waals surface area contributed by atoms with Crippen LogP contribution in [0.4, 0.5) is 0 Å². The van der Waals surface area contributed by atoms with Gasteiger partial charge in [-0.2, -0.15) is 0 Å². The Bertz CT molecular complexity index is 734. The van der Waals surface area contributed by atoms with Gasteiger partial charge in [-0.15, -0.1) is 0 Å². The van der Waals surface area contributed by atoms with Gasteiger partial charge < -0.3 is 27.6 Å². The van der Waals surface area contributed by atoms with Crippen LogP contribution in [0.2, 0.25) is 0 Å². The van der Waals surface area contributed by atoms with Crippen molar-refractivity contribution in [3.05, 3.63) is 0 Å². The van der Waals surface area contributed by atoms with Gasteiger partial charge in [0.1, 0.15) is 0 Å². The summed E-state index contributed by atoms with van der Waals surface area (Å²) in [4.78, 5) is 23.8. The van der Waals surface area contributed by atoms with Crippen LogP contribution >= 0.6 is 15.2 Å². The maximum absolute atomic E-state index is 14.5. The summed E-state index contributed by atoms with van der Waals surface area (Å²) in [6.07, 6.45) is 11.7. The van der Waals surface area contributed by atoms with Crippen LogP contribution in [0.25, 0.3) is 0 Å². The lowest BCUT2D eigenvalue weighted by Gasteiger charge is -2.42. The summed E-state index contributed by atoms with van der Waals surface area (Å²) in [5.74, 6) is -1.05. The molecule has 0 N–H and O–H groups in total. The Hall–Kier alpha value is -0.760. The van der Waals surface area contributed by atoms with Crippen molar-refractivity contribution in [1.82, 2.24) is 0 Å². The maximum atomic E-state index is 14.5. The third-order valence-corrected chi connectivity index (χ3v) is 14.0. The van der Waals surface area contributed by atoms with Crippen molar-refractivity contribution in [2.24, 2.45) is 0 Å². The van der Waals surface area contributed by atoms with Gasteiger partial charge >= 0.3 is 27.1 Å². The second-order valence-corrected chi connectivity index (χ2v) is 15.7. The molecule has 0 aliphatic carbocycles. The lowest BCUT2D eigenvalue weighted by Crippen LogP contribution is -2.35. The third kappa shape index (κ3) is 15.9. The van der Waals surface area contributed by atoms with Crippen molar-refractivity contribution in [1.29, 1.82) is 0 Å². The summed E-state index contributed by atoms with van der Waals surface area (Å²) in [6, 6.07) is 0. The fourth-order valence-corrected chi connectivity index (χ4v) is 10.8. The molecular formula is C31H62O10P2. The molecule has 0 amide bonds. The molecule has 0 heterocycles. The fourth-order valence-electron chi connectivity index (χ4n) is 4.94. The van der Waals surface area contributed by atoms with Gasteiger partial charge in [-0.25, -0.2) is 0 Å². The summed E-state index contributed by atoms with van der Waals surface area (Å²) in [7, 11) is -8.55. The Morgan fingerprint density at radius 3 is 1.09 bits per heavy atom. The number of esters is 2. The lowest BCUT2D eigenvalue weighted by atomic mass is 10.1. The Morgan fingerprint density at radius 2 is 0.791 bits per heavy atom. The third-order valence-electron chi connectivity index (χ3n) is 7.20. The van der Waals surface area contributed by atoms with Gasteiger partial charge in [-0.1, -0.05) is 78.1 Å². The number of hydrogen-bond donors (Lipinski definition) is 0. The van der Waals surface area contributed by atoms with Gasteiger partial charge in [0.2, 0.25) is 0 Å². The van der Waals surface area contributed by atoms with Gasteiger partial charge in [0.15, 0.2) is 4.90 Å². The van der Waals surface area contributed by atoms with Gasteiger partial charge in [-0.3, -0.25) is 18.7 Å². The van der Waals surface area contributed by atoms with Gasteiger partial charge in [0.25, 0.3) is 0 Å². The molecule has 0 bridgehead atoms. The largest absolute Gasteiger partial charge is 0.466 e. The Labute approximate surface area is 262 Å². The van der Waals surface area contributed by atoms with Crippen molar-refractivity contribution in [3.8, 4) is 0 Å². The zero-order valence-electron chi connectivity index (χ0n) is 28.0. The van der Waals surface area contributed by atoms with E-state index in [0.29, 0.717) is 0 Å². The first-order chi connectivity index (χ1) is 20.7. The summed E-state index contributed by atoms with van der Waals surface area (Å²) in [6.45, 7) is 11.4. The molecule has 0 atom stereocenters. The van der Waals surface area contributed by atoms with E-state index in [2.05, 4.69) is 13.8 Å². The Kier molecular flexibility index (Phi) is 25.0. The van der Waals surface area contributed by atoms with Crippen LogP contribution in [0.3, 0.4) is 0 Å². The first-order valence-corrected chi connectivity index (χ1v) is 19.8. The molecule has 0 rings (SSSR count). The average Bonchev–Trinajstić information content (AvgIpc) is 2.96. The van der Waals surface area contributed by atoms with Crippen molar-refractivity contribution < 1.29 is 46.3 Å². The highest BCUT2D eigenvalue weighted by Gasteiger charge is 2.64. The molecular weight excluding hydrogens is 594 g/mol. The number of rotatable bonds is 30. The van der Waals surface area contributed by atoms with Crippen molar-refractivity contribution in [3.63, 3.8) is 0 Å². The van der Waals surface area contributed by atoms with Crippen molar-refractivity contribution >= 4 is 27.1 Å². The molecule has 0 aromatic carbocycles. The maximum Gasteiger partial charge on any atom is 0.348 e. The van der Waals surface area contributed by atoms with E-state index in [0.717, 1.165) is 64.2 Å². The number of carbonyl (C=O) groups is 2. The van der Waals surface area contributed by atoms with Gasteiger partial charge in [0, 0.05) is 12.8 Å². The molecule has 0 aromatic heterocycles. The first kappa shape index (κ1) is 42.2. The van der Waals surface area contributed by atoms with Crippen molar-refractivity contribution in [2.75, 3.05) is 39.6 Å². The monoisotopic (exact) mass is 656 g/mol. The summed E-state index contributed by atoms with van der Waals surface area (Å²) < 4.78 is 62.9. The van der Waals surface area contributed by atoms with Crippen LogP contribution in [0.5, 0.6) is 0 Å². The molecule has 43 heavy (non-hydrogen) atoms. The molecule has 0 radical (unpaired) electrons. The minimum atomic E-state index is -4.28. The highest BCUT2D eigenvalue weighted by atomic mass is 31.2. The van der Waals surface area contributed by atoms with Crippen molar-refractivity contribution in [2.45, 2.75) is 149 Å². The zero-order chi connectivity index (χ0) is 32.5. The van der Waals surface area contributed by atoms with Crippen LogP contribution < -0.4 is 0 Å². The van der Waals surface area contributed by atoms with E-state index in [1.165, 1.54) is 12.8 Å². The molecule has 0 aliphatic rings. The summed E-state index contributed by atoms with van der Waals surface area (Å²) in [5.41, 5.74) is 0. The van der Waals surface area contributed by atoms with Crippen LogP contribution in [-0.4, -0.2) is 56.5 Å². The zero-order valence-corrected chi connectivity index (χ0v) is 29.8. The van der Waals surface area contributed by atoms with E-state index in [1.807, 2.05) is 0 Å². The van der Waals surface area contributed by atoms with Crippen LogP contribution in [0.1, 0.15) is 144 Å². The van der Waals surface area contributed by atoms with E-state index in [9.17, 15) is 18.7 Å². The molecule has 12 heteroatoms. The SMILES string of the molecule is CCCCCCCCOC(=O)CCC(CCC(=O)OCCCCCCCC)(P(=O)(OCC)OCC)P(=O)(OCC)OCC. The predicted octanol–water partition coefficient (Wildman–Crippen LogP) is 9.58. The minimum Gasteiger partial charge on any atom is -0.466 e. The highest BCUT2D eigenvalue weighted by molar-refractivity contribution is 7.74. The smallest absolute Gasteiger partial charge is 0.348 e. The molecule has 0 aromatic rings. The number of carbonyl (C=O) groups excluding carboxylic acids is 2. The van der Waals surface area contributed by atoms with E-state index in [4.69, 9.17) is 27.6 Å². The molecule has 256 valence electrons. The van der Waals surface area contributed by atoms with E-state index in [-0.39, 0.29) is 65.3 Å². The average molecular weight is 657 g/mol. The topological polar surface area (TPSA) is 124 Å². The predicted molar refractivity (Wildman–Crippen MR) is 172 cm³/mol. The molecule has 0 saturated carbocycles. The van der Waals surface area contributed by atoms with Crippen LogP contribution in [-0.2, 0) is 46.3 Å². The molecule has 0 spiro atoms. The quantitative estimate of drug-likeness (QED) is 0.0419. The minimum absolute atomic E-state index is 0.0117. The Balaban J connectivity index is 5.92. The summed E-state index contributed by atoms with van der Waals surface area (Å²) >= 11 is 0. The van der Waals surface area contributed by atoms with Crippen LogP contribution in [0, 0.1) is 0 Å². The first-order valence-electron chi connectivity index (χ1n) is 16.7. The highest BCUT2D eigenvalue weighted by Crippen LogP contribution is 2.80. The molecule has 0 aliphatic heterocycles. The normalized spacial score (nSPS) is 12.4. The van der Waals surface area contributed by atoms with E-state index >= 15 is 0 Å². The molecule has 0 saturated heterocycles. The molecule has 0 fully saturated rings. The number of hydrogen-bond acceptors (Lipinski definition) is 10. The van der Waals surface area contributed by atoms with Gasteiger partial charge in [0.05, 0.1) is 39.6 Å². The lowest BCUT2D eigenvalue weighted by molar-refractivity contribution is -0.144. The second kappa shape index (κ2) is 25.4. The Morgan fingerprint density at radius 1 is 0.488 bits per heavy atom. The second-order valence-electron chi connectivity index (χ2n) is 10.6. The van der Waals surface area contributed by atoms with E-state index < -0.39 is 32.0 Å². The van der Waals surface area contributed by atoms with E-state index in [1.54, 1.807) is 27.7 Å². The number of ether oxygens (including phenoxy) is 2. The summed E-state index contributed by atoms with van der Waals surface area (Å²) in [5, 5.41) is 0.